The van der Waals surface area contributed by atoms with Gasteiger partial charge in [0.15, 0.2) is 0 Å². The van der Waals surface area contributed by atoms with Gasteiger partial charge < -0.3 is 10.4 Å². The molecule has 4 heteroatoms. The molecule has 1 saturated carbocycles. The van der Waals surface area contributed by atoms with Crippen molar-refractivity contribution in [2.75, 3.05) is 6.61 Å². The molecule has 0 bridgehead atoms. The van der Waals surface area contributed by atoms with Crippen LogP contribution < -0.4 is 5.32 Å². The van der Waals surface area contributed by atoms with Gasteiger partial charge in [0.25, 0.3) is 5.91 Å². The number of amides is 1. The summed E-state index contributed by atoms with van der Waals surface area (Å²) < 4.78 is 0. The summed E-state index contributed by atoms with van der Waals surface area (Å²) >= 11 is 0. The van der Waals surface area contributed by atoms with Gasteiger partial charge >= 0.3 is 0 Å². The molecule has 0 aromatic heterocycles. The third-order valence-corrected chi connectivity index (χ3v) is 1.95. The highest BCUT2D eigenvalue weighted by Gasteiger charge is 2.29. The van der Waals surface area contributed by atoms with Crippen molar-refractivity contribution < 1.29 is 14.7 Å². The van der Waals surface area contributed by atoms with E-state index in [4.69, 9.17) is 5.11 Å². The van der Waals surface area contributed by atoms with Gasteiger partial charge in [-0.1, -0.05) is 0 Å². The lowest BCUT2D eigenvalue weighted by Crippen LogP contribution is -2.45. The number of carbonyl (C=O) groups excluding carboxylic acids is 2. The zero-order chi connectivity index (χ0) is 8.27. The number of aliphatic hydroxyl groups is 1. The Kier molecular flexibility index (Phi) is 2.59. The van der Waals surface area contributed by atoms with Crippen molar-refractivity contribution in [3.05, 3.63) is 0 Å². The van der Waals surface area contributed by atoms with Crippen LogP contribution in [0.25, 0.3) is 0 Å². The zero-order valence-electron chi connectivity index (χ0n) is 6.12. The average Bonchev–Trinajstić information content (AvgIpc) is 1.95. The van der Waals surface area contributed by atoms with Crippen molar-refractivity contribution in [1.29, 1.82) is 0 Å². The molecule has 0 aromatic rings. The molecule has 1 aliphatic carbocycles. The lowest BCUT2D eigenvalue weighted by molar-refractivity contribution is -0.132. The van der Waals surface area contributed by atoms with Gasteiger partial charge in [-0.3, -0.25) is 9.59 Å². The molecule has 0 spiro atoms. The quantitative estimate of drug-likeness (QED) is 0.411. The van der Waals surface area contributed by atoms with E-state index in [1.807, 2.05) is 0 Å². The maximum atomic E-state index is 10.5. The molecule has 62 valence electrons. The van der Waals surface area contributed by atoms with E-state index in [9.17, 15) is 9.59 Å². The highest BCUT2D eigenvalue weighted by Crippen LogP contribution is 2.26. The summed E-state index contributed by atoms with van der Waals surface area (Å²) in [5.74, 6) is -0.252. The van der Waals surface area contributed by atoms with Crippen molar-refractivity contribution in [2.45, 2.75) is 18.9 Å². The van der Waals surface area contributed by atoms with Gasteiger partial charge in [-0.25, -0.2) is 0 Å². The molecule has 1 rings (SSSR count). The van der Waals surface area contributed by atoms with Gasteiger partial charge in [0.05, 0.1) is 0 Å². The van der Waals surface area contributed by atoms with Crippen LogP contribution in [0.3, 0.4) is 0 Å². The largest absolute Gasteiger partial charge is 0.396 e. The standard InChI is InChI=1S/C7H11NO3/c9-3-5-1-6(2-5)8-7(11)4-10/h4-6,9H,1-3H2,(H,8,11)/t5-,6+. The van der Waals surface area contributed by atoms with Crippen LogP contribution in [0.5, 0.6) is 0 Å². The average molecular weight is 157 g/mol. The Morgan fingerprint density at radius 2 is 2.27 bits per heavy atom. The first-order valence-electron chi connectivity index (χ1n) is 3.62. The van der Waals surface area contributed by atoms with Crippen molar-refractivity contribution in [3.63, 3.8) is 0 Å². The second-order valence-corrected chi connectivity index (χ2v) is 2.84. The summed E-state index contributed by atoms with van der Waals surface area (Å²) in [5.41, 5.74) is 0. The predicted octanol–water partition coefficient (Wildman–Crippen LogP) is -0.928. The van der Waals surface area contributed by atoms with E-state index in [-0.39, 0.29) is 18.9 Å². The number of nitrogens with one attached hydrogen (secondary N) is 1. The third kappa shape index (κ3) is 2.01. The van der Waals surface area contributed by atoms with Crippen LogP contribution in [0.2, 0.25) is 0 Å². The highest BCUT2D eigenvalue weighted by atomic mass is 16.3. The van der Waals surface area contributed by atoms with E-state index in [2.05, 4.69) is 5.32 Å². The summed E-state index contributed by atoms with van der Waals surface area (Å²) in [6, 6.07) is 0.102. The Labute approximate surface area is 64.6 Å². The maximum absolute atomic E-state index is 10.5. The van der Waals surface area contributed by atoms with E-state index >= 15 is 0 Å². The van der Waals surface area contributed by atoms with Crippen LogP contribution in [-0.2, 0) is 9.59 Å². The molecule has 0 saturated heterocycles. The van der Waals surface area contributed by atoms with Gasteiger partial charge in [0.1, 0.15) is 0 Å². The molecule has 0 heterocycles. The van der Waals surface area contributed by atoms with Gasteiger partial charge in [0, 0.05) is 12.6 Å². The Hall–Kier alpha value is -0.900. The number of hydrogen-bond acceptors (Lipinski definition) is 3. The fraction of sp³-hybridized carbons (Fsp3) is 0.714. The van der Waals surface area contributed by atoms with Gasteiger partial charge in [0.2, 0.25) is 6.29 Å². The summed E-state index contributed by atoms with van der Waals surface area (Å²) in [6.07, 6.45) is 1.85. The number of aliphatic hydroxyl groups excluding tert-OH is 1. The minimum absolute atomic E-state index is 0.102. The molecule has 0 radical (unpaired) electrons. The van der Waals surface area contributed by atoms with Crippen LogP contribution in [0.15, 0.2) is 0 Å². The second kappa shape index (κ2) is 3.48. The summed E-state index contributed by atoms with van der Waals surface area (Å²) in [4.78, 5) is 20.3. The smallest absolute Gasteiger partial charge is 0.284 e. The molecular weight excluding hydrogens is 146 g/mol. The van der Waals surface area contributed by atoms with Crippen molar-refractivity contribution in [1.82, 2.24) is 5.32 Å². The lowest BCUT2D eigenvalue weighted by atomic mass is 9.81. The Bertz CT molecular complexity index is 163. The number of rotatable bonds is 3. The zero-order valence-corrected chi connectivity index (χ0v) is 6.12. The Balaban J connectivity index is 2.13. The van der Waals surface area contributed by atoms with Gasteiger partial charge in [-0.05, 0) is 18.8 Å². The molecule has 0 aliphatic heterocycles. The second-order valence-electron chi connectivity index (χ2n) is 2.84. The van der Waals surface area contributed by atoms with Crippen molar-refractivity contribution in [2.24, 2.45) is 5.92 Å². The van der Waals surface area contributed by atoms with Crippen molar-refractivity contribution >= 4 is 12.2 Å². The van der Waals surface area contributed by atoms with Gasteiger partial charge in [-0.2, -0.15) is 0 Å². The topological polar surface area (TPSA) is 66.4 Å². The minimum Gasteiger partial charge on any atom is -0.396 e. The molecular formula is C7H11NO3. The van der Waals surface area contributed by atoms with Crippen LogP contribution in [0.1, 0.15) is 12.8 Å². The van der Waals surface area contributed by atoms with Crippen molar-refractivity contribution in [3.8, 4) is 0 Å². The SMILES string of the molecule is O=CC(=O)N[C@H]1C[C@@H](CO)C1. The fourth-order valence-corrected chi connectivity index (χ4v) is 1.24. The van der Waals surface area contributed by atoms with Crippen LogP contribution in [0, 0.1) is 5.92 Å². The molecule has 1 amide bonds. The molecule has 2 N–H and O–H groups in total. The normalized spacial score (nSPS) is 28.8. The molecule has 0 atom stereocenters. The lowest BCUT2D eigenvalue weighted by Gasteiger charge is -2.33. The first kappa shape index (κ1) is 8.20. The maximum Gasteiger partial charge on any atom is 0.284 e. The summed E-state index contributed by atoms with van der Waals surface area (Å²) in [7, 11) is 0. The van der Waals surface area contributed by atoms with E-state index in [0.29, 0.717) is 5.92 Å². The Morgan fingerprint density at radius 3 is 2.73 bits per heavy atom. The minimum atomic E-state index is -0.564. The molecule has 0 unspecified atom stereocenters. The third-order valence-electron chi connectivity index (χ3n) is 1.95. The summed E-state index contributed by atoms with van der Waals surface area (Å²) in [5, 5.41) is 11.1. The van der Waals surface area contributed by atoms with E-state index in [1.165, 1.54) is 0 Å². The molecule has 11 heavy (non-hydrogen) atoms. The Morgan fingerprint density at radius 1 is 1.64 bits per heavy atom. The van der Waals surface area contributed by atoms with Crippen LogP contribution >= 0.6 is 0 Å². The molecule has 1 aliphatic rings. The van der Waals surface area contributed by atoms with Gasteiger partial charge in [-0.15, -0.1) is 0 Å². The predicted molar refractivity (Wildman–Crippen MR) is 37.8 cm³/mol. The number of carbonyl (C=O) groups is 2. The monoisotopic (exact) mass is 157 g/mol. The van der Waals surface area contributed by atoms with E-state index < -0.39 is 5.91 Å². The fourth-order valence-electron chi connectivity index (χ4n) is 1.24. The van der Waals surface area contributed by atoms with Crippen LogP contribution in [-0.4, -0.2) is 29.9 Å². The molecule has 1 fully saturated rings. The first-order chi connectivity index (χ1) is 5.26. The summed E-state index contributed by atoms with van der Waals surface area (Å²) in [6.45, 7) is 0.174. The molecule has 0 aromatic carbocycles. The number of aldehydes is 1. The van der Waals surface area contributed by atoms with E-state index in [1.54, 1.807) is 0 Å². The first-order valence-corrected chi connectivity index (χ1v) is 3.62. The molecule has 4 nitrogen and oxygen atoms in total. The van der Waals surface area contributed by atoms with Crippen LogP contribution in [0.4, 0.5) is 0 Å². The highest BCUT2D eigenvalue weighted by molar-refractivity contribution is 6.23. The van der Waals surface area contributed by atoms with E-state index in [0.717, 1.165) is 12.8 Å². The number of hydrogen-bond donors (Lipinski definition) is 2.